The van der Waals surface area contributed by atoms with Crippen molar-refractivity contribution in [2.45, 2.75) is 39.2 Å². The van der Waals surface area contributed by atoms with Crippen molar-refractivity contribution in [2.24, 2.45) is 4.99 Å². The quantitative estimate of drug-likeness (QED) is 0.803. The second-order valence-electron chi connectivity index (χ2n) is 6.49. The maximum atomic E-state index is 12.7. The number of methoxy groups -OCH3 is 1. The van der Waals surface area contributed by atoms with Crippen LogP contribution in [-0.4, -0.2) is 17.6 Å². The van der Waals surface area contributed by atoms with Crippen LogP contribution in [0, 0.1) is 11.3 Å². The third-order valence-corrected chi connectivity index (χ3v) is 5.19. The van der Waals surface area contributed by atoms with Crippen LogP contribution in [0.4, 0.5) is 0 Å². The maximum absolute atomic E-state index is 12.7. The number of carbonyl (C=O) groups is 1. The van der Waals surface area contributed by atoms with Crippen molar-refractivity contribution in [1.82, 2.24) is 4.57 Å². The standard InChI is InChI=1S/C18H20ClN3O2S/c1-18(2,3)15-11-22(9-5-8-20)17(25-15)21-16(23)13-10-12(19)6-7-14(13)24-4/h6-7,10-11H,5,9H2,1-4H3. The van der Waals surface area contributed by atoms with Crippen LogP contribution in [0.25, 0.3) is 0 Å². The van der Waals surface area contributed by atoms with Gasteiger partial charge >= 0.3 is 0 Å². The van der Waals surface area contributed by atoms with Gasteiger partial charge in [0.05, 0.1) is 25.2 Å². The number of nitriles is 1. The highest BCUT2D eigenvalue weighted by Crippen LogP contribution is 2.25. The van der Waals surface area contributed by atoms with Gasteiger partial charge in [-0.3, -0.25) is 4.79 Å². The van der Waals surface area contributed by atoms with Crippen molar-refractivity contribution in [3.63, 3.8) is 0 Å². The molecule has 0 atom stereocenters. The lowest BCUT2D eigenvalue weighted by molar-refractivity contribution is 0.0995. The summed E-state index contributed by atoms with van der Waals surface area (Å²) in [6, 6.07) is 6.97. The zero-order chi connectivity index (χ0) is 18.6. The predicted octanol–water partition coefficient (Wildman–Crippen LogP) is 4.16. The molecule has 0 saturated carbocycles. The summed E-state index contributed by atoms with van der Waals surface area (Å²) in [6.45, 7) is 6.78. The minimum Gasteiger partial charge on any atom is -0.496 e. The Kier molecular flexibility index (Phi) is 6.04. The van der Waals surface area contributed by atoms with E-state index in [0.717, 1.165) is 4.88 Å². The molecule has 0 saturated heterocycles. The van der Waals surface area contributed by atoms with Crippen LogP contribution in [0.2, 0.25) is 5.02 Å². The minimum atomic E-state index is -0.424. The summed E-state index contributed by atoms with van der Waals surface area (Å²) in [5.74, 6) is 0.00157. The molecule has 0 spiro atoms. The first kappa shape index (κ1) is 19.2. The first-order chi connectivity index (χ1) is 11.8. The van der Waals surface area contributed by atoms with Gasteiger partial charge in [0.15, 0.2) is 4.80 Å². The van der Waals surface area contributed by atoms with Gasteiger partial charge in [0, 0.05) is 22.6 Å². The summed E-state index contributed by atoms with van der Waals surface area (Å²) in [5, 5.41) is 9.30. The first-order valence-electron chi connectivity index (χ1n) is 7.76. The summed E-state index contributed by atoms with van der Waals surface area (Å²) in [4.78, 5) is 18.6. The third-order valence-electron chi connectivity index (χ3n) is 3.51. The Hall–Kier alpha value is -2.10. The number of benzene rings is 1. The van der Waals surface area contributed by atoms with Crippen LogP contribution < -0.4 is 9.54 Å². The average molecular weight is 378 g/mol. The Morgan fingerprint density at radius 3 is 2.76 bits per heavy atom. The van der Waals surface area contributed by atoms with Crippen molar-refractivity contribution in [1.29, 1.82) is 5.26 Å². The molecule has 1 heterocycles. The van der Waals surface area contributed by atoms with Gasteiger partial charge in [-0.05, 0) is 23.6 Å². The number of ether oxygens (including phenoxy) is 1. The van der Waals surface area contributed by atoms with Crippen LogP contribution in [0.5, 0.6) is 5.75 Å². The molecular formula is C18H20ClN3O2S. The lowest BCUT2D eigenvalue weighted by Crippen LogP contribution is -2.16. The smallest absolute Gasteiger partial charge is 0.283 e. The molecule has 0 bridgehead atoms. The van der Waals surface area contributed by atoms with E-state index >= 15 is 0 Å². The van der Waals surface area contributed by atoms with E-state index in [1.165, 1.54) is 18.4 Å². The van der Waals surface area contributed by atoms with E-state index in [2.05, 4.69) is 31.8 Å². The SMILES string of the molecule is COc1ccc(Cl)cc1C(=O)N=c1sc(C(C)(C)C)cn1CCC#N. The van der Waals surface area contributed by atoms with Crippen LogP contribution in [-0.2, 0) is 12.0 Å². The second kappa shape index (κ2) is 7.85. The fourth-order valence-corrected chi connectivity index (χ4v) is 3.38. The van der Waals surface area contributed by atoms with Gasteiger partial charge in [-0.1, -0.05) is 32.4 Å². The van der Waals surface area contributed by atoms with Gasteiger partial charge < -0.3 is 9.30 Å². The zero-order valence-electron chi connectivity index (χ0n) is 14.7. The number of hydrogen-bond donors (Lipinski definition) is 0. The maximum Gasteiger partial charge on any atom is 0.283 e. The van der Waals surface area contributed by atoms with Crippen LogP contribution in [0.1, 0.15) is 42.4 Å². The van der Waals surface area contributed by atoms with Crippen molar-refractivity contribution >= 4 is 28.8 Å². The molecule has 0 aliphatic carbocycles. The van der Waals surface area contributed by atoms with E-state index in [1.54, 1.807) is 18.2 Å². The summed E-state index contributed by atoms with van der Waals surface area (Å²) >= 11 is 7.45. The highest BCUT2D eigenvalue weighted by molar-refractivity contribution is 7.09. The Bertz CT molecular complexity index is 885. The molecule has 2 rings (SSSR count). The monoisotopic (exact) mass is 377 g/mol. The normalized spacial score (nSPS) is 12.1. The first-order valence-corrected chi connectivity index (χ1v) is 8.96. The number of halogens is 1. The molecule has 5 nitrogen and oxygen atoms in total. The molecule has 0 N–H and O–H groups in total. The van der Waals surface area contributed by atoms with Crippen LogP contribution >= 0.6 is 22.9 Å². The summed E-state index contributed by atoms with van der Waals surface area (Å²) in [7, 11) is 1.50. The summed E-state index contributed by atoms with van der Waals surface area (Å²) in [6.07, 6.45) is 2.31. The van der Waals surface area contributed by atoms with E-state index in [1.807, 2.05) is 10.8 Å². The topological polar surface area (TPSA) is 67.4 Å². The highest BCUT2D eigenvalue weighted by atomic mass is 35.5. The van der Waals surface area contributed by atoms with Gasteiger partial charge in [0.2, 0.25) is 0 Å². The van der Waals surface area contributed by atoms with Crippen molar-refractivity contribution in [3.05, 3.63) is 44.7 Å². The number of rotatable bonds is 4. The number of aromatic nitrogens is 1. The Morgan fingerprint density at radius 1 is 1.44 bits per heavy atom. The van der Waals surface area contributed by atoms with Gasteiger partial charge in [0.1, 0.15) is 5.75 Å². The third kappa shape index (κ3) is 4.71. The molecule has 1 amide bonds. The Morgan fingerprint density at radius 2 is 2.16 bits per heavy atom. The van der Waals surface area contributed by atoms with E-state index in [4.69, 9.17) is 21.6 Å². The number of aryl methyl sites for hydroxylation is 1. The van der Waals surface area contributed by atoms with E-state index in [0.29, 0.717) is 34.1 Å². The molecule has 0 fully saturated rings. The van der Waals surface area contributed by atoms with Crippen molar-refractivity contribution in [2.75, 3.05) is 7.11 Å². The van der Waals surface area contributed by atoms with Crippen molar-refractivity contribution < 1.29 is 9.53 Å². The largest absolute Gasteiger partial charge is 0.496 e. The second-order valence-corrected chi connectivity index (χ2v) is 7.94. The van der Waals surface area contributed by atoms with Gasteiger partial charge in [-0.2, -0.15) is 10.3 Å². The molecule has 7 heteroatoms. The minimum absolute atomic E-state index is 0.0659. The summed E-state index contributed by atoms with van der Waals surface area (Å²) < 4.78 is 7.08. The molecule has 0 radical (unpaired) electrons. The van der Waals surface area contributed by atoms with Gasteiger partial charge in [-0.15, -0.1) is 11.3 Å². The Labute approximate surface area is 156 Å². The molecule has 0 aliphatic heterocycles. The lowest BCUT2D eigenvalue weighted by atomic mass is 9.95. The molecule has 0 aliphatic rings. The van der Waals surface area contributed by atoms with Crippen LogP contribution in [0.3, 0.4) is 0 Å². The molecule has 132 valence electrons. The average Bonchev–Trinajstić information content (AvgIpc) is 2.95. The van der Waals surface area contributed by atoms with Crippen LogP contribution in [0.15, 0.2) is 29.4 Å². The molecule has 0 unspecified atom stereocenters. The number of nitrogens with zero attached hydrogens (tertiary/aromatic N) is 3. The lowest BCUT2D eigenvalue weighted by Gasteiger charge is -2.14. The van der Waals surface area contributed by atoms with Gasteiger partial charge in [0.25, 0.3) is 5.91 Å². The molecule has 2 aromatic rings. The number of hydrogen-bond acceptors (Lipinski definition) is 4. The number of carbonyl (C=O) groups excluding carboxylic acids is 1. The predicted molar refractivity (Wildman–Crippen MR) is 99.1 cm³/mol. The number of amides is 1. The molecular weight excluding hydrogens is 358 g/mol. The van der Waals surface area contributed by atoms with E-state index < -0.39 is 5.91 Å². The Balaban J connectivity index is 2.52. The summed E-state index contributed by atoms with van der Waals surface area (Å²) in [5.41, 5.74) is 0.247. The zero-order valence-corrected chi connectivity index (χ0v) is 16.2. The van der Waals surface area contributed by atoms with E-state index in [-0.39, 0.29) is 5.41 Å². The molecule has 1 aromatic heterocycles. The number of thiazole rings is 1. The highest BCUT2D eigenvalue weighted by Gasteiger charge is 2.19. The van der Waals surface area contributed by atoms with Crippen molar-refractivity contribution in [3.8, 4) is 11.8 Å². The fourth-order valence-electron chi connectivity index (χ4n) is 2.14. The van der Waals surface area contributed by atoms with Gasteiger partial charge in [-0.25, -0.2) is 0 Å². The van der Waals surface area contributed by atoms with E-state index in [9.17, 15) is 4.79 Å². The fraction of sp³-hybridized carbons (Fsp3) is 0.389. The molecule has 25 heavy (non-hydrogen) atoms. The molecule has 1 aromatic carbocycles.